The summed E-state index contributed by atoms with van der Waals surface area (Å²) in [6.45, 7) is 5.48. The van der Waals surface area contributed by atoms with Gasteiger partial charge < -0.3 is 18.7 Å². The van der Waals surface area contributed by atoms with E-state index in [1.165, 1.54) is 7.11 Å². The molecule has 2 aromatic rings. The number of esters is 1. The Bertz CT molecular complexity index is 849. The highest BCUT2D eigenvalue weighted by Crippen LogP contribution is 2.40. The minimum atomic E-state index is -0.267. The van der Waals surface area contributed by atoms with Gasteiger partial charge in [0.1, 0.15) is 0 Å². The fraction of sp³-hybridized carbons (Fsp3) is 0.571. The Balaban J connectivity index is 1.89. The quantitative estimate of drug-likeness (QED) is 0.622. The maximum absolute atomic E-state index is 12.1. The summed E-state index contributed by atoms with van der Waals surface area (Å²) >= 11 is 0. The summed E-state index contributed by atoms with van der Waals surface area (Å²) in [7, 11) is 4.63. The molecule has 1 atom stereocenters. The predicted octanol–water partition coefficient (Wildman–Crippen LogP) is 2.95. The first-order chi connectivity index (χ1) is 13.9. The van der Waals surface area contributed by atoms with Crippen LogP contribution in [0.15, 0.2) is 16.7 Å². The lowest BCUT2D eigenvalue weighted by molar-refractivity contribution is -0.142. The van der Waals surface area contributed by atoms with Crippen molar-refractivity contribution >= 4 is 5.97 Å². The molecular weight excluding hydrogens is 374 g/mol. The number of aromatic nitrogens is 2. The molecule has 158 valence electrons. The van der Waals surface area contributed by atoms with Crippen LogP contribution in [0, 0.1) is 5.92 Å². The molecule has 8 heteroatoms. The molecule has 0 radical (unpaired) electrons. The third-order valence-electron chi connectivity index (χ3n) is 5.14. The Kier molecular flexibility index (Phi) is 6.74. The molecule has 3 rings (SSSR count). The van der Waals surface area contributed by atoms with E-state index in [9.17, 15) is 4.79 Å². The number of hydrogen-bond acceptors (Lipinski definition) is 8. The molecule has 0 saturated heterocycles. The van der Waals surface area contributed by atoms with Gasteiger partial charge in [0.2, 0.25) is 5.89 Å². The zero-order valence-corrected chi connectivity index (χ0v) is 17.7. The SMILES string of the molecule is COC(=O)CC1c2cc(OC)c(OC)cc2CCN1Cc1noc(CC(C)C)n1. The van der Waals surface area contributed by atoms with Gasteiger partial charge in [0.05, 0.1) is 34.3 Å². The van der Waals surface area contributed by atoms with Crippen molar-refractivity contribution in [1.82, 2.24) is 15.0 Å². The van der Waals surface area contributed by atoms with Crippen molar-refractivity contribution in [2.75, 3.05) is 27.9 Å². The van der Waals surface area contributed by atoms with E-state index >= 15 is 0 Å². The second kappa shape index (κ2) is 9.26. The van der Waals surface area contributed by atoms with E-state index in [1.807, 2.05) is 12.1 Å². The molecule has 0 amide bonds. The van der Waals surface area contributed by atoms with Crippen molar-refractivity contribution in [3.8, 4) is 11.5 Å². The van der Waals surface area contributed by atoms with Gasteiger partial charge in [-0.25, -0.2) is 0 Å². The fourth-order valence-electron chi connectivity index (χ4n) is 3.72. The van der Waals surface area contributed by atoms with Crippen molar-refractivity contribution in [3.05, 3.63) is 35.0 Å². The maximum atomic E-state index is 12.1. The number of ether oxygens (including phenoxy) is 3. The largest absolute Gasteiger partial charge is 0.493 e. The Morgan fingerprint density at radius 1 is 1.24 bits per heavy atom. The molecule has 0 spiro atoms. The van der Waals surface area contributed by atoms with Crippen LogP contribution in [0.5, 0.6) is 11.5 Å². The summed E-state index contributed by atoms with van der Waals surface area (Å²) in [5.74, 6) is 2.77. The van der Waals surface area contributed by atoms with Crippen LogP contribution in [0.1, 0.15) is 49.2 Å². The maximum Gasteiger partial charge on any atom is 0.307 e. The first kappa shape index (κ1) is 21.1. The van der Waals surface area contributed by atoms with Crippen molar-refractivity contribution in [1.29, 1.82) is 0 Å². The minimum absolute atomic E-state index is 0.168. The average molecular weight is 403 g/mol. The summed E-state index contributed by atoms with van der Waals surface area (Å²) in [6, 6.07) is 3.78. The standard InChI is InChI=1S/C21H29N3O5/c1-13(2)8-20-22-19(23-29-20)12-24-7-6-14-9-17(26-3)18(27-4)10-15(14)16(24)11-21(25)28-5/h9-10,13,16H,6-8,11-12H2,1-5H3. The van der Waals surface area contributed by atoms with Gasteiger partial charge >= 0.3 is 5.97 Å². The molecule has 0 saturated carbocycles. The van der Waals surface area contributed by atoms with Crippen LogP contribution in [0.3, 0.4) is 0 Å². The van der Waals surface area contributed by atoms with Crippen LogP contribution in [-0.4, -0.2) is 48.9 Å². The van der Waals surface area contributed by atoms with E-state index in [-0.39, 0.29) is 18.4 Å². The lowest BCUT2D eigenvalue weighted by Crippen LogP contribution is -2.36. The molecule has 0 N–H and O–H groups in total. The number of carbonyl (C=O) groups is 1. The molecule has 1 unspecified atom stereocenters. The molecule has 0 fully saturated rings. The lowest BCUT2D eigenvalue weighted by atomic mass is 9.90. The van der Waals surface area contributed by atoms with Crippen molar-refractivity contribution in [2.45, 2.75) is 45.7 Å². The van der Waals surface area contributed by atoms with E-state index in [4.69, 9.17) is 18.7 Å². The van der Waals surface area contributed by atoms with E-state index in [2.05, 4.69) is 28.9 Å². The third-order valence-corrected chi connectivity index (χ3v) is 5.14. The molecular formula is C21H29N3O5. The van der Waals surface area contributed by atoms with Crippen molar-refractivity contribution in [3.63, 3.8) is 0 Å². The highest BCUT2D eigenvalue weighted by molar-refractivity contribution is 5.70. The summed E-state index contributed by atoms with van der Waals surface area (Å²) < 4.78 is 21.2. The predicted molar refractivity (Wildman–Crippen MR) is 106 cm³/mol. The number of methoxy groups -OCH3 is 3. The molecule has 8 nitrogen and oxygen atoms in total. The van der Waals surface area contributed by atoms with E-state index in [0.29, 0.717) is 35.7 Å². The Morgan fingerprint density at radius 3 is 2.62 bits per heavy atom. The van der Waals surface area contributed by atoms with Gasteiger partial charge in [-0.3, -0.25) is 9.69 Å². The minimum Gasteiger partial charge on any atom is -0.493 e. The average Bonchev–Trinajstić information content (AvgIpc) is 3.14. The van der Waals surface area contributed by atoms with Crippen LogP contribution in [-0.2, 0) is 28.9 Å². The van der Waals surface area contributed by atoms with E-state index in [1.54, 1.807) is 14.2 Å². The topological polar surface area (TPSA) is 86.9 Å². The van der Waals surface area contributed by atoms with Gasteiger partial charge in [0, 0.05) is 19.0 Å². The fourth-order valence-corrected chi connectivity index (χ4v) is 3.72. The summed E-state index contributed by atoms with van der Waals surface area (Å²) in [5, 5.41) is 4.13. The second-order valence-electron chi connectivity index (χ2n) is 7.62. The lowest BCUT2D eigenvalue weighted by Gasteiger charge is -2.36. The molecule has 0 bridgehead atoms. The Hall–Kier alpha value is -2.61. The van der Waals surface area contributed by atoms with Crippen LogP contribution < -0.4 is 9.47 Å². The molecule has 2 heterocycles. The van der Waals surface area contributed by atoms with Gasteiger partial charge in [0.25, 0.3) is 0 Å². The molecule has 1 aliphatic rings. The smallest absolute Gasteiger partial charge is 0.307 e. The van der Waals surface area contributed by atoms with Crippen molar-refractivity contribution in [2.24, 2.45) is 5.92 Å². The summed E-state index contributed by atoms with van der Waals surface area (Å²) in [4.78, 5) is 18.8. The number of nitrogens with zero attached hydrogens (tertiary/aromatic N) is 3. The Labute approximate surface area is 171 Å². The van der Waals surface area contributed by atoms with Crippen LogP contribution in [0.25, 0.3) is 0 Å². The zero-order valence-electron chi connectivity index (χ0n) is 17.7. The monoisotopic (exact) mass is 403 g/mol. The van der Waals surface area contributed by atoms with Crippen LogP contribution in [0.4, 0.5) is 0 Å². The third kappa shape index (κ3) is 4.87. The summed E-state index contributed by atoms with van der Waals surface area (Å²) in [6.07, 6.45) is 1.80. The van der Waals surface area contributed by atoms with E-state index in [0.717, 1.165) is 30.5 Å². The molecule has 29 heavy (non-hydrogen) atoms. The zero-order chi connectivity index (χ0) is 21.0. The summed E-state index contributed by atoms with van der Waals surface area (Å²) in [5.41, 5.74) is 2.17. The van der Waals surface area contributed by atoms with Gasteiger partial charge in [0.15, 0.2) is 17.3 Å². The first-order valence-corrected chi connectivity index (χ1v) is 9.82. The van der Waals surface area contributed by atoms with Crippen molar-refractivity contribution < 1.29 is 23.5 Å². The number of hydrogen-bond donors (Lipinski definition) is 0. The normalized spacial score (nSPS) is 16.6. The highest BCUT2D eigenvalue weighted by Gasteiger charge is 2.32. The Morgan fingerprint density at radius 2 is 1.97 bits per heavy atom. The molecule has 1 aromatic heterocycles. The number of benzene rings is 1. The van der Waals surface area contributed by atoms with Gasteiger partial charge in [-0.05, 0) is 35.6 Å². The van der Waals surface area contributed by atoms with Crippen LogP contribution >= 0.6 is 0 Å². The van der Waals surface area contributed by atoms with Gasteiger partial charge in [-0.1, -0.05) is 19.0 Å². The second-order valence-corrected chi connectivity index (χ2v) is 7.62. The van der Waals surface area contributed by atoms with Crippen LogP contribution in [0.2, 0.25) is 0 Å². The highest BCUT2D eigenvalue weighted by atomic mass is 16.5. The first-order valence-electron chi connectivity index (χ1n) is 9.82. The number of fused-ring (bicyclic) bond motifs is 1. The number of carbonyl (C=O) groups excluding carboxylic acids is 1. The number of rotatable bonds is 8. The molecule has 1 aromatic carbocycles. The van der Waals surface area contributed by atoms with E-state index < -0.39 is 0 Å². The molecule has 0 aliphatic carbocycles. The molecule has 1 aliphatic heterocycles. The van der Waals surface area contributed by atoms with Gasteiger partial charge in [-0.2, -0.15) is 4.98 Å². The van der Waals surface area contributed by atoms with Gasteiger partial charge in [-0.15, -0.1) is 0 Å².